The zero-order chi connectivity index (χ0) is 6.69. The highest BCUT2D eigenvalue weighted by Crippen LogP contribution is 2.27. The highest BCUT2D eigenvalue weighted by molar-refractivity contribution is 4.89. The molecule has 52 valence electrons. The molecule has 0 spiro atoms. The fourth-order valence-corrected chi connectivity index (χ4v) is 0.831. The van der Waals surface area contributed by atoms with Crippen LogP contribution >= 0.6 is 0 Å². The zero-order valence-corrected chi connectivity index (χ0v) is 5.20. The van der Waals surface area contributed by atoms with E-state index in [0.717, 1.165) is 0 Å². The van der Waals surface area contributed by atoms with Gasteiger partial charge in [-0.15, -0.1) is 5.23 Å². The SMILES string of the molecule is ON(O)/C=C/C1CCC1. The van der Waals surface area contributed by atoms with Gasteiger partial charge in [-0.2, -0.15) is 0 Å². The highest BCUT2D eigenvalue weighted by Gasteiger charge is 2.13. The van der Waals surface area contributed by atoms with Gasteiger partial charge in [-0.1, -0.05) is 12.5 Å². The lowest BCUT2D eigenvalue weighted by Gasteiger charge is -2.21. The Balaban J connectivity index is 2.14. The summed E-state index contributed by atoms with van der Waals surface area (Å²) in [4.78, 5) is 0. The van der Waals surface area contributed by atoms with Gasteiger partial charge < -0.3 is 0 Å². The molecule has 1 aliphatic carbocycles. The third-order valence-corrected chi connectivity index (χ3v) is 1.64. The first-order valence-corrected chi connectivity index (χ1v) is 3.14. The van der Waals surface area contributed by atoms with Gasteiger partial charge in [0.05, 0.1) is 6.20 Å². The van der Waals surface area contributed by atoms with Crippen LogP contribution in [-0.4, -0.2) is 15.6 Å². The molecule has 3 nitrogen and oxygen atoms in total. The van der Waals surface area contributed by atoms with E-state index in [1.165, 1.54) is 25.5 Å². The van der Waals surface area contributed by atoms with E-state index < -0.39 is 0 Å². The van der Waals surface area contributed by atoms with E-state index in [9.17, 15) is 0 Å². The molecule has 1 saturated carbocycles. The first-order chi connectivity index (χ1) is 4.29. The van der Waals surface area contributed by atoms with E-state index in [1.807, 2.05) is 6.08 Å². The number of nitrogens with zero attached hydrogens (tertiary/aromatic N) is 1. The normalized spacial score (nSPS) is 20.2. The first kappa shape index (κ1) is 6.58. The molecular weight excluding hydrogens is 118 g/mol. The van der Waals surface area contributed by atoms with Gasteiger partial charge in [-0.25, -0.2) is 0 Å². The van der Waals surface area contributed by atoms with Gasteiger partial charge in [0.15, 0.2) is 0 Å². The van der Waals surface area contributed by atoms with Crippen LogP contribution in [0.5, 0.6) is 0 Å². The molecule has 0 bridgehead atoms. The monoisotopic (exact) mass is 129 g/mol. The van der Waals surface area contributed by atoms with Gasteiger partial charge in [0.2, 0.25) is 0 Å². The molecule has 0 radical (unpaired) electrons. The summed E-state index contributed by atoms with van der Waals surface area (Å²) in [6, 6.07) is 0. The Morgan fingerprint density at radius 2 is 2.00 bits per heavy atom. The van der Waals surface area contributed by atoms with Crippen LogP contribution in [0.4, 0.5) is 0 Å². The molecule has 0 aromatic rings. The van der Waals surface area contributed by atoms with Crippen molar-refractivity contribution in [1.82, 2.24) is 5.23 Å². The predicted octanol–water partition coefficient (Wildman–Crippen LogP) is 1.38. The molecule has 1 fully saturated rings. The maximum absolute atomic E-state index is 8.22. The van der Waals surface area contributed by atoms with E-state index >= 15 is 0 Å². The van der Waals surface area contributed by atoms with Crippen molar-refractivity contribution >= 4 is 0 Å². The molecule has 0 heterocycles. The molecular formula is C6H11NO2. The average Bonchev–Trinajstić information content (AvgIpc) is 1.60. The topological polar surface area (TPSA) is 43.7 Å². The summed E-state index contributed by atoms with van der Waals surface area (Å²) in [5.74, 6) is 0.576. The molecule has 0 unspecified atom stereocenters. The first-order valence-electron chi connectivity index (χ1n) is 3.14. The van der Waals surface area contributed by atoms with Gasteiger partial charge in [0, 0.05) is 0 Å². The highest BCUT2D eigenvalue weighted by atomic mass is 16.8. The van der Waals surface area contributed by atoms with Crippen molar-refractivity contribution < 1.29 is 10.4 Å². The van der Waals surface area contributed by atoms with Crippen LogP contribution in [0.2, 0.25) is 0 Å². The van der Waals surface area contributed by atoms with E-state index in [4.69, 9.17) is 10.4 Å². The fourth-order valence-electron chi connectivity index (χ4n) is 0.831. The number of hydroxylamine groups is 2. The summed E-state index contributed by atoms with van der Waals surface area (Å²) in [5.41, 5.74) is 0. The molecule has 1 rings (SSSR count). The Hall–Kier alpha value is -0.540. The summed E-state index contributed by atoms with van der Waals surface area (Å²) in [6.07, 6.45) is 6.72. The van der Waals surface area contributed by atoms with Crippen LogP contribution in [-0.2, 0) is 0 Å². The standard InChI is InChI=1S/C6H11NO2/c8-7(9)5-4-6-2-1-3-6/h4-6,8-9H,1-3H2/b5-4+. The number of rotatable bonds is 2. The summed E-state index contributed by atoms with van der Waals surface area (Å²) in [6.45, 7) is 0. The Morgan fingerprint density at radius 1 is 1.33 bits per heavy atom. The summed E-state index contributed by atoms with van der Waals surface area (Å²) in [5, 5.41) is 16.5. The zero-order valence-electron chi connectivity index (χ0n) is 5.20. The Morgan fingerprint density at radius 3 is 2.33 bits per heavy atom. The van der Waals surface area contributed by atoms with Gasteiger partial charge >= 0.3 is 0 Å². The van der Waals surface area contributed by atoms with Crippen molar-refractivity contribution in [3.05, 3.63) is 12.3 Å². The third-order valence-electron chi connectivity index (χ3n) is 1.64. The van der Waals surface area contributed by atoms with E-state index in [2.05, 4.69) is 0 Å². The minimum Gasteiger partial charge on any atom is -0.264 e. The second-order valence-corrected chi connectivity index (χ2v) is 2.35. The lowest BCUT2D eigenvalue weighted by atomic mass is 9.86. The molecule has 3 heteroatoms. The maximum atomic E-state index is 8.22. The molecule has 1 aliphatic rings. The van der Waals surface area contributed by atoms with Crippen LogP contribution in [0.15, 0.2) is 12.3 Å². The lowest BCUT2D eigenvalue weighted by molar-refractivity contribution is -0.267. The largest absolute Gasteiger partial charge is 0.264 e. The molecule has 9 heavy (non-hydrogen) atoms. The fraction of sp³-hybridized carbons (Fsp3) is 0.667. The maximum Gasteiger partial charge on any atom is 0.0545 e. The summed E-state index contributed by atoms with van der Waals surface area (Å²) < 4.78 is 0. The van der Waals surface area contributed by atoms with E-state index in [-0.39, 0.29) is 5.23 Å². The molecule has 0 aliphatic heterocycles. The third kappa shape index (κ3) is 2.03. The Kier molecular flexibility index (Phi) is 2.08. The molecule has 0 saturated heterocycles. The van der Waals surface area contributed by atoms with Crippen LogP contribution < -0.4 is 0 Å². The second kappa shape index (κ2) is 2.85. The van der Waals surface area contributed by atoms with Crippen molar-refractivity contribution in [2.24, 2.45) is 5.92 Å². The molecule has 2 N–H and O–H groups in total. The van der Waals surface area contributed by atoms with Crippen molar-refractivity contribution in [2.75, 3.05) is 0 Å². The van der Waals surface area contributed by atoms with Crippen molar-refractivity contribution in [1.29, 1.82) is 0 Å². The van der Waals surface area contributed by atoms with Crippen molar-refractivity contribution in [3.63, 3.8) is 0 Å². The minimum absolute atomic E-state index is 0.0956. The van der Waals surface area contributed by atoms with E-state index in [1.54, 1.807) is 0 Å². The summed E-state index contributed by atoms with van der Waals surface area (Å²) in [7, 11) is 0. The second-order valence-electron chi connectivity index (χ2n) is 2.35. The van der Waals surface area contributed by atoms with Crippen LogP contribution in [0.25, 0.3) is 0 Å². The van der Waals surface area contributed by atoms with Crippen LogP contribution in [0, 0.1) is 5.92 Å². The quantitative estimate of drug-likeness (QED) is 0.553. The molecule has 0 amide bonds. The molecule has 0 aromatic heterocycles. The van der Waals surface area contributed by atoms with E-state index in [0.29, 0.717) is 5.92 Å². The van der Waals surface area contributed by atoms with Gasteiger partial charge in [0.1, 0.15) is 0 Å². The summed E-state index contributed by atoms with van der Waals surface area (Å²) >= 11 is 0. The van der Waals surface area contributed by atoms with Crippen LogP contribution in [0.1, 0.15) is 19.3 Å². The molecule has 0 atom stereocenters. The minimum atomic E-state index is 0.0956. The number of allylic oxidation sites excluding steroid dienone is 1. The van der Waals surface area contributed by atoms with Gasteiger partial charge in [0.25, 0.3) is 0 Å². The Labute approximate surface area is 54.1 Å². The van der Waals surface area contributed by atoms with Gasteiger partial charge in [-0.3, -0.25) is 10.4 Å². The number of hydrogen-bond acceptors (Lipinski definition) is 3. The van der Waals surface area contributed by atoms with Crippen molar-refractivity contribution in [2.45, 2.75) is 19.3 Å². The molecule has 0 aromatic carbocycles. The van der Waals surface area contributed by atoms with Crippen molar-refractivity contribution in [3.8, 4) is 0 Å². The average molecular weight is 129 g/mol. The lowest BCUT2D eigenvalue weighted by Crippen LogP contribution is -2.10. The van der Waals surface area contributed by atoms with Crippen LogP contribution in [0.3, 0.4) is 0 Å². The predicted molar refractivity (Wildman–Crippen MR) is 31.9 cm³/mol. The number of hydrogen-bond donors (Lipinski definition) is 2. The smallest absolute Gasteiger partial charge is 0.0545 e. The Bertz CT molecular complexity index is 108. The van der Waals surface area contributed by atoms with Gasteiger partial charge in [-0.05, 0) is 18.8 Å².